The van der Waals surface area contributed by atoms with E-state index >= 15 is 0 Å². The van der Waals surface area contributed by atoms with Gasteiger partial charge in [-0.2, -0.15) is 4.74 Å². The fourth-order valence-electron chi connectivity index (χ4n) is 4.30. The molecule has 2 heterocycles. The van der Waals surface area contributed by atoms with Crippen LogP contribution < -0.4 is 0 Å². The first-order valence-corrected chi connectivity index (χ1v) is 10.7. The summed E-state index contributed by atoms with van der Waals surface area (Å²) in [6.07, 6.45) is 7.87. The largest absolute Gasteiger partial charge is 0.621 e. The Morgan fingerprint density at radius 2 is 1.91 bits per heavy atom. The highest BCUT2D eigenvalue weighted by Gasteiger charge is 2.77. The van der Waals surface area contributed by atoms with Gasteiger partial charge >= 0.3 is 0 Å². The topological polar surface area (TPSA) is 44.5 Å². The third kappa shape index (κ3) is 2.61. The SMILES string of the molecule is CCCOC1CC[P+](OCCC)(C2(C)CCC=[N+]2[O-])C1(C)C. The van der Waals surface area contributed by atoms with Crippen molar-refractivity contribution in [1.29, 1.82) is 0 Å². The summed E-state index contributed by atoms with van der Waals surface area (Å²) in [7, 11) is -1.92. The Kier molecular flexibility index (Phi) is 5.57. The van der Waals surface area contributed by atoms with Gasteiger partial charge in [0.1, 0.15) is 11.3 Å². The van der Waals surface area contributed by atoms with Gasteiger partial charge in [0.2, 0.25) is 7.49 Å². The van der Waals surface area contributed by atoms with Gasteiger partial charge < -0.3 is 9.94 Å². The monoisotopic (exact) mass is 330 g/mol. The zero-order valence-electron chi connectivity index (χ0n) is 14.9. The Balaban J connectivity index is 2.36. The third-order valence-corrected chi connectivity index (χ3v) is 11.3. The van der Waals surface area contributed by atoms with Gasteiger partial charge in [-0.3, -0.25) is 0 Å². The highest BCUT2D eigenvalue weighted by Crippen LogP contribution is 2.83. The number of hydroxylamine groups is 1. The van der Waals surface area contributed by atoms with Crippen LogP contribution in [-0.2, 0) is 9.26 Å². The average Bonchev–Trinajstić information content (AvgIpc) is 2.94. The van der Waals surface area contributed by atoms with E-state index in [-0.39, 0.29) is 16.5 Å². The summed E-state index contributed by atoms with van der Waals surface area (Å²) in [5.74, 6) is 0. The lowest BCUT2D eigenvalue weighted by atomic mass is 10.0. The Bertz CT molecular complexity index is 426. The fraction of sp³-hybridized carbons (Fsp3) is 0.941. The van der Waals surface area contributed by atoms with E-state index in [2.05, 4.69) is 34.6 Å². The molecule has 4 nitrogen and oxygen atoms in total. The smallest absolute Gasteiger partial charge is 0.294 e. The lowest BCUT2D eigenvalue weighted by Crippen LogP contribution is -2.47. The van der Waals surface area contributed by atoms with Crippen LogP contribution in [-0.4, -0.2) is 46.9 Å². The first-order chi connectivity index (χ1) is 10.4. The second-order valence-corrected chi connectivity index (χ2v) is 11.7. The highest BCUT2D eigenvalue weighted by atomic mass is 31.2. The number of hydrogen-bond acceptors (Lipinski definition) is 3. The molecule has 0 saturated carbocycles. The summed E-state index contributed by atoms with van der Waals surface area (Å²) in [6, 6.07) is 0. The predicted molar refractivity (Wildman–Crippen MR) is 94.1 cm³/mol. The molecule has 0 bridgehead atoms. The van der Waals surface area contributed by atoms with E-state index in [0.29, 0.717) is 0 Å². The first-order valence-electron chi connectivity index (χ1n) is 8.80. The number of ether oxygens (including phenoxy) is 1. The van der Waals surface area contributed by atoms with Crippen LogP contribution in [0, 0.1) is 5.21 Å². The van der Waals surface area contributed by atoms with Crippen LogP contribution in [0.4, 0.5) is 0 Å². The third-order valence-electron chi connectivity index (χ3n) is 5.63. The summed E-state index contributed by atoms with van der Waals surface area (Å²) < 4.78 is 14.0. The molecule has 22 heavy (non-hydrogen) atoms. The van der Waals surface area contributed by atoms with E-state index in [9.17, 15) is 5.21 Å². The molecule has 2 rings (SSSR count). The molecule has 2 aliphatic heterocycles. The quantitative estimate of drug-likeness (QED) is 0.394. The zero-order chi connectivity index (χ0) is 16.4. The Morgan fingerprint density at radius 3 is 2.45 bits per heavy atom. The minimum Gasteiger partial charge on any atom is -0.621 e. The van der Waals surface area contributed by atoms with Crippen molar-refractivity contribution in [1.82, 2.24) is 0 Å². The van der Waals surface area contributed by atoms with Gasteiger partial charge in [0.15, 0.2) is 6.21 Å². The summed E-state index contributed by atoms with van der Waals surface area (Å²) in [4.78, 5) is 0. The summed E-state index contributed by atoms with van der Waals surface area (Å²) >= 11 is 0. The van der Waals surface area contributed by atoms with Crippen LogP contribution in [0.25, 0.3) is 0 Å². The molecule has 0 radical (unpaired) electrons. The molecule has 2 aliphatic rings. The van der Waals surface area contributed by atoms with Crippen molar-refractivity contribution in [2.75, 3.05) is 19.4 Å². The molecule has 0 N–H and O–H groups in total. The standard InChI is InChI=1S/C17H33NO3P/c1-6-12-20-15-9-14-22(16(15,3)4,21-13-7-2)17(5)10-8-11-18(17)19/h11,15H,6-10,12-14H2,1-5H3/q+1. The van der Waals surface area contributed by atoms with Gasteiger partial charge in [-0.05, 0) is 26.7 Å². The van der Waals surface area contributed by atoms with Crippen LogP contribution in [0.2, 0.25) is 0 Å². The zero-order valence-corrected chi connectivity index (χ0v) is 15.8. The normalized spacial score (nSPS) is 37.5. The molecular formula is C17H33NO3P+. The molecule has 0 aromatic heterocycles. The predicted octanol–water partition coefficient (Wildman–Crippen LogP) is 4.41. The Labute approximate surface area is 136 Å². The molecule has 0 amide bonds. The number of rotatable bonds is 7. The number of hydrogen-bond donors (Lipinski definition) is 0. The van der Waals surface area contributed by atoms with Crippen molar-refractivity contribution in [2.45, 2.75) is 83.3 Å². The van der Waals surface area contributed by atoms with Crippen molar-refractivity contribution in [2.24, 2.45) is 0 Å². The summed E-state index contributed by atoms with van der Waals surface area (Å²) in [5.41, 5.74) is 0. The van der Waals surface area contributed by atoms with Crippen LogP contribution in [0.15, 0.2) is 0 Å². The van der Waals surface area contributed by atoms with Crippen LogP contribution >= 0.6 is 7.49 Å². The molecule has 1 fully saturated rings. The van der Waals surface area contributed by atoms with Crippen LogP contribution in [0.1, 0.15) is 66.7 Å². The van der Waals surface area contributed by atoms with E-state index in [1.54, 1.807) is 0 Å². The van der Waals surface area contributed by atoms with E-state index in [0.717, 1.165) is 51.5 Å². The van der Waals surface area contributed by atoms with E-state index in [1.807, 2.05) is 6.21 Å². The summed E-state index contributed by atoms with van der Waals surface area (Å²) in [6.45, 7) is 12.5. The van der Waals surface area contributed by atoms with Crippen LogP contribution in [0.5, 0.6) is 0 Å². The van der Waals surface area contributed by atoms with E-state index in [1.165, 1.54) is 4.74 Å². The second kappa shape index (κ2) is 6.75. The van der Waals surface area contributed by atoms with Gasteiger partial charge in [-0.1, -0.05) is 13.8 Å². The van der Waals surface area contributed by atoms with Gasteiger partial charge in [-0.15, -0.1) is 0 Å². The van der Waals surface area contributed by atoms with Gasteiger partial charge in [-0.25, -0.2) is 4.52 Å². The van der Waals surface area contributed by atoms with E-state index in [4.69, 9.17) is 9.26 Å². The molecule has 5 heteroatoms. The molecule has 128 valence electrons. The molecule has 0 aliphatic carbocycles. The molecule has 3 atom stereocenters. The van der Waals surface area contributed by atoms with Gasteiger partial charge in [0.25, 0.3) is 5.28 Å². The minimum absolute atomic E-state index is 0.0626. The average molecular weight is 330 g/mol. The Hall–Kier alpha value is -0.180. The second-order valence-electron chi connectivity index (χ2n) is 7.36. The van der Waals surface area contributed by atoms with Gasteiger partial charge in [0, 0.05) is 26.4 Å². The fourth-order valence-corrected chi connectivity index (χ4v) is 9.99. The van der Waals surface area contributed by atoms with Crippen molar-refractivity contribution >= 4 is 13.7 Å². The Morgan fingerprint density at radius 1 is 1.23 bits per heavy atom. The van der Waals surface area contributed by atoms with Crippen molar-refractivity contribution < 1.29 is 14.0 Å². The molecular weight excluding hydrogens is 297 g/mol. The maximum Gasteiger partial charge on any atom is 0.294 e. The van der Waals surface area contributed by atoms with Crippen molar-refractivity contribution in [3.63, 3.8) is 0 Å². The van der Waals surface area contributed by atoms with Crippen molar-refractivity contribution in [3.05, 3.63) is 5.21 Å². The van der Waals surface area contributed by atoms with Crippen LogP contribution in [0.3, 0.4) is 0 Å². The van der Waals surface area contributed by atoms with Gasteiger partial charge in [0.05, 0.1) is 19.2 Å². The highest BCUT2D eigenvalue weighted by molar-refractivity contribution is 7.74. The maximum absolute atomic E-state index is 12.6. The molecule has 3 unspecified atom stereocenters. The molecule has 1 saturated heterocycles. The minimum atomic E-state index is -1.92. The summed E-state index contributed by atoms with van der Waals surface area (Å²) in [5, 5.41) is 12.2. The van der Waals surface area contributed by atoms with Crippen molar-refractivity contribution in [3.8, 4) is 0 Å². The molecule has 0 aromatic rings. The molecule has 0 aromatic carbocycles. The lowest BCUT2D eigenvalue weighted by Gasteiger charge is -2.42. The first kappa shape index (κ1) is 18.2. The number of nitrogens with zero attached hydrogens (tertiary/aromatic N) is 1. The maximum atomic E-state index is 12.6. The lowest BCUT2D eigenvalue weighted by molar-refractivity contribution is -0.505. The molecule has 0 spiro atoms. The van der Waals surface area contributed by atoms with E-state index < -0.39 is 7.49 Å².